The second kappa shape index (κ2) is 9.68. The van der Waals surface area contributed by atoms with Crippen LogP contribution in [0.1, 0.15) is 10.4 Å². The van der Waals surface area contributed by atoms with Gasteiger partial charge in [-0.25, -0.2) is 0 Å². The standard InChI is InChI=1S/C16H21N3OS.HI/c1-17-16(18-11-15-5-4-10-21-15)19(2)12-13-6-8-14(20-3)9-7-13;/h4-10H,11-12H2,1-3H3,(H,17,18);1H. The van der Waals surface area contributed by atoms with Crippen LogP contribution in [-0.4, -0.2) is 32.1 Å². The van der Waals surface area contributed by atoms with Gasteiger partial charge in [0.2, 0.25) is 0 Å². The quantitative estimate of drug-likeness (QED) is 0.447. The van der Waals surface area contributed by atoms with Crippen LogP contribution in [-0.2, 0) is 13.1 Å². The number of rotatable bonds is 5. The van der Waals surface area contributed by atoms with Crippen LogP contribution in [0, 0.1) is 0 Å². The largest absolute Gasteiger partial charge is 0.497 e. The molecule has 22 heavy (non-hydrogen) atoms. The number of nitrogens with zero attached hydrogens (tertiary/aromatic N) is 2. The van der Waals surface area contributed by atoms with Gasteiger partial charge in [-0.3, -0.25) is 4.99 Å². The topological polar surface area (TPSA) is 36.9 Å². The Morgan fingerprint density at radius 1 is 1.27 bits per heavy atom. The van der Waals surface area contributed by atoms with Crippen molar-refractivity contribution in [3.63, 3.8) is 0 Å². The molecule has 0 bridgehead atoms. The van der Waals surface area contributed by atoms with Crippen molar-refractivity contribution in [1.82, 2.24) is 10.2 Å². The summed E-state index contributed by atoms with van der Waals surface area (Å²) in [4.78, 5) is 7.74. The van der Waals surface area contributed by atoms with E-state index in [1.807, 2.05) is 19.2 Å². The van der Waals surface area contributed by atoms with E-state index in [1.54, 1.807) is 25.5 Å². The molecule has 0 atom stereocenters. The molecule has 0 aliphatic heterocycles. The highest BCUT2D eigenvalue weighted by Crippen LogP contribution is 2.13. The molecule has 0 radical (unpaired) electrons. The molecule has 0 saturated carbocycles. The van der Waals surface area contributed by atoms with Crippen LogP contribution >= 0.6 is 35.3 Å². The Bertz CT molecular complexity index is 570. The Labute approximate surface area is 153 Å². The van der Waals surface area contributed by atoms with Gasteiger partial charge in [0.25, 0.3) is 0 Å². The smallest absolute Gasteiger partial charge is 0.193 e. The number of hydrogen-bond acceptors (Lipinski definition) is 3. The zero-order valence-corrected chi connectivity index (χ0v) is 16.2. The van der Waals surface area contributed by atoms with Crippen molar-refractivity contribution in [2.24, 2.45) is 4.99 Å². The predicted octanol–water partition coefficient (Wildman–Crippen LogP) is 3.58. The lowest BCUT2D eigenvalue weighted by Crippen LogP contribution is -2.37. The van der Waals surface area contributed by atoms with E-state index in [0.29, 0.717) is 0 Å². The molecule has 1 aromatic heterocycles. The van der Waals surface area contributed by atoms with Crippen molar-refractivity contribution < 1.29 is 4.74 Å². The third-order valence-corrected chi connectivity index (χ3v) is 4.03. The van der Waals surface area contributed by atoms with Crippen LogP contribution in [0.5, 0.6) is 5.75 Å². The fourth-order valence-electron chi connectivity index (χ4n) is 2.04. The summed E-state index contributed by atoms with van der Waals surface area (Å²) in [6, 6.07) is 12.3. The van der Waals surface area contributed by atoms with Crippen LogP contribution in [0.2, 0.25) is 0 Å². The van der Waals surface area contributed by atoms with E-state index in [4.69, 9.17) is 4.74 Å². The van der Waals surface area contributed by atoms with Crippen LogP contribution in [0.3, 0.4) is 0 Å². The van der Waals surface area contributed by atoms with E-state index >= 15 is 0 Å². The molecule has 0 fully saturated rings. The van der Waals surface area contributed by atoms with Crippen molar-refractivity contribution in [1.29, 1.82) is 0 Å². The maximum atomic E-state index is 5.17. The van der Waals surface area contributed by atoms with Crippen molar-refractivity contribution in [3.05, 3.63) is 52.2 Å². The van der Waals surface area contributed by atoms with Crippen molar-refractivity contribution >= 4 is 41.3 Å². The fraction of sp³-hybridized carbons (Fsp3) is 0.312. The minimum atomic E-state index is 0. The van der Waals surface area contributed by atoms with Crippen LogP contribution in [0.4, 0.5) is 0 Å². The van der Waals surface area contributed by atoms with Gasteiger partial charge in [-0.1, -0.05) is 18.2 Å². The Balaban J connectivity index is 0.00000242. The number of guanidine groups is 1. The van der Waals surface area contributed by atoms with Crippen molar-refractivity contribution in [2.75, 3.05) is 21.2 Å². The maximum Gasteiger partial charge on any atom is 0.193 e. The molecule has 0 saturated heterocycles. The van der Waals surface area contributed by atoms with Gasteiger partial charge in [0, 0.05) is 25.5 Å². The SMILES string of the molecule is CN=C(NCc1cccs1)N(C)Cc1ccc(OC)cc1.I. The molecule has 1 heterocycles. The first-order valence-electron chi connectivity index (χ1n) is 6.80. The molecule has 0 amide bonds. The highest BCUT2D eigenvalue weighted by Gasteiger charge is 2.07. The third-order valence-electron chi connectivity index (χ3n) is 3.15. The first-order valence-corrected chi connectivity index (χ1v) is 7.68. The predicted molar refractivity (Wildman–Crippen MR) is 104 cm³/mol. The van der Waals surface area contributed by atoms with E-state index in [0.717, 1.165) is 24.8 Å². The lowest BCUT2D eigenvalue weighted by molar-refractivity contribution is 0.414. The second-order valence-electron chi connectivity index (χ2n) is 4.68. The van der Waals surface area contributed by atoms with Gasteiger partial charge in [0.05, 0.1) is 13.7 Å². The van der Waals surface area contributed by atoms with Crippen LogP contribution < -0.4 is 10.1 Å². The summed E-state index contributed by atoms with van der Waals surface area (Å²) in [6.45, 7) is 1.60. The zero-order valence-electron chi connectivity index (χ0n) is 13.1. The van der Waals surface area contributed by atoms with Gasteiger partial charge >= 0.3 is 0 Å². The number of aliphatic imine (C=N–C) groups is 1. The normalized spacial score (nSPS) is 10.8. The number of hydrogen-bond donors (Lipinski definition) is 1. The zero-order chi connectivity index (χ0) is 15.1. The first-order chi connectivity index (χ1) is 10.2. The summed E-state index contributed by atoms with van der Waals surface area (Å²) in [5.41, 5.74) is 1.22. The summed E-state index contributed by atoms with van der Waals surface area (Å²) < 4.78 is 5.17. The fourth-order valence-corrected chi connectivity index (χ4v) is 2.69. The number of thiophene rings is 1. The molecule has 0 aliphatic rings. The van der Waals surface area contributed by atoms with E-state index in [9.17, 15) is 0 Å². The summed E-state index contributed by atoms with van der Waals surface area (Å²) in [5, 5.41) is 5.46. The van der Waals surface area contributed by atoms with Crippen LogP contribution in [0.15, 0.2) is 46.8 Å². The summed E-state index contributed by atoms with van der Waals surface area (Å²) in [7, 11) is 5.52. The van der Waals surface area contributed by atoms with E-state index in [2.05, 4.69) is 44.9 Å². The van der Waals surface area contributed by atoms with E-state index in [1.165, 1.54) is 10.4 Å². The summed E-state index contributed by atoms with van der Waals surface area (Å²) in [6.07, 6.45) is 0. The van der Waals surface area contributed by atoms with Gasteiger partial charge in [-0.05, 0) is 29.1 Å². The molecule has 4 nitrogen and oxygen atoms in total. The lowest BCUT2D eigenvalue weighted by atomic mass is 10.2. The Kier molecular flexibility index (Phi) is 8.26. The molecular weight excluding hydrogens is 409 g/mol. The van der Waals surface area contributed by atoms with Crippen LogP contribution in [0.25, 0.3) is 0 Å². The Hall–Kier alpha value is -1.28. The Morgan fingerprint density at radius 2 is 2.00 bits per heavy atom. The molecule has 0 unspecified atom stereocenters. The van der Waals surface area contributed by atoms with Gasteiger partial charge in [0.15, 0.2) is 5.96 Å². The van der Waals surface area contributed by atoms with Gasteiger partial charge in [-0.2, -0.15) is 0 Å². The average Bonchev–Trinajstić information content (AvgIpc) is 3.02. The monoisotopic (exact) mass is 431 g/mol. The molecule has 6 heteroatoms. The highest BCUT2D eigenvalue weighted by molar-refractivity contribution is 14.0. The minimum Gasteiger partial charge on any atom is -0.497 e. The molecule has 120 valence electrons. The number of nitrogens with one attached hydrogen (secondary N) is 1. The van der Waals surface area contributed by atoms with Gasteiger partial charge in [-0.15, -0.1) is 35.3 Å². The lowest BCUT2D eigenvalue weighted by Gasteiger charge is -2.22. The number of benzene rings is 1. The van der Waals surface area contributed by atoms with Gasteiger partial charge in [0.1, 0.15) is 5.75 Å². The number of methoxy groups -OCH3 is 1. The minimum absolute atomic E-state index is 0. The molecule has 2 rings (SSSR count). The third kappa shape index (κ3) is 5.49. The second-order valence-corrected chi connectivity index (χ2v) is 5.72. The van der Waals surface area contributed by atoms with Crippen molar-refractivity contribution in [3.8, 4) is 5.75 Å². The summed E-state index contributed by atoms with van der Waals surface area (Å²) in [5.74, 6) is 1.76. The molecule has 0 aliphatic carbocycles. The molecule has 1 N–H and O–H groups in total. The summed E-state index contributed by atoms with van der Waals surface area (Å²) >= 11 is 1.75. The van der Waals surface area contributed by atoms with Crippen molar-refractivity contribution in [2.45, 2.75) is 13.1 Å². The highest BCUT2D eigenvalue weighted by atomic mass is 127. The Morgan fingerprint density at radius 3 is 2.55 bits per heavy atom. The number of ether oxygens (including phenoxy) is 1. The number of halogens is 1. The van der Waals surface area contributed by atoms with E-state index in [-0.39, 0.29) is 24.0 Å². The molecule has 0 spiro atoms. The first kappa shape index (κ1) is 18.8. The maximum absolute atomic E-state index is 5.17. The molecule has 2 aromatic rings. The van der Waals surface area contributed by atoms with E-state index < -0.39 is 0 Å². The molecular formula is C16H22IN3OS. The molecule has 1 aromatic carbocycles. The van der Waals surface area contributed by atoms with Gasteiger partial charge < -0.3 is 15.0 Å². The average molecular weight is 431 g/mol.